The lowest BCUT2D eigenvalue weighted by atomic mass is 10.2. The van der Waals surface area contributed by atoms with Gasteiger partial charge in [-0.25, -0.2) is 4.98 Å². The third-order valence-electron chi connectivity index (χ3n) is 3.00. The van der Waals surface area contributed by atoms with Crippen molar-refractivity contribution in [1.82, 2.24) is 15.2 Å². The molecule has 19 heavy (non-hydrogen) atoms. The van der Waals surface area contributed by atoms with Crippen molar-refractivity contribution in [1.29, 1.82) is 0 Å². The summed E-state index contributed by atoms with van der Waals surface area (Å²) in [7, 11) is 0. The van der Waals surface area contributed by atoms with E-state index in [1.807, 2.05) is 6.92 Å². The molecule has 0 saturated carbocycles. The maximum Gasteiger partial charge on any atom is 0.251 e. The summed E-state index contributed by atoms with van der Waals surface area (Å²) in [6.07, 6.45) is 1.53. The Bertz CT molecular complexity index is 436. The molecule has 0 bridgehead atoms. The summed E-state index contributed by atoms with van der Waals surface area (Å²) in [5.74, 6) is -0.120. The summed E-state index contributed by atoms with van der Waals surface area (Å²) >= 11 is 5.77. The molecule has 1 aliphatic heterocycles. The topological polar surface area (TPSA) is 54.5 Å². The highest BCUT2D eigenvalue weighted by atomic mass is 35.5. The average Bonchev–Trinajstić information content (AvgIpc) is 2.39. The van der Waals surface area contributed by atoms with Crippen LogP contribution in [0.1, 0.15) is 17.3 Å². The number of hydrogen-bond acceptors (Lipinski definition) is 4. The molecule has 104 valence electrons. The van der Waals surface area contributed by atoms with Gasteiger partial charge in [-0.2, -0.15) is 0 Å². The minimum atomic E-state index is -0.120. The summed E-state index contributed by atoms with van der Waals surface area (Å²) in [6.45, 7) is 6.19. The molecule has 1 unspecified atom stereocenters. The monoisotopic (exact) mass is 283 g/mol. The van der Waals surface area contributed by atoms with Crippen molar-refractivity contribution in [3.8, 4) is 0 Å². The van der Waals surface area contributed by atoms with Gasteiger partial charge in [0.25, 0.3) is 5.91 Å². The number of hydrogen-bond donors (Lipinski definition) is 1. The van der Waals surface area contributed by atoms with E-state index in [0.717, 1.165) is 32.8 Å². The molecule has 0 aliphatic carbocycles. The number of ether oxygens (including phenoxy) is 1. The third-order valence-corrected chi connectivity index (χ3v) is 3.21. The van der Waals surface area contributed by atoms with Crippen LogP contribution >= 0.6 is 11.6 Å². The van der Waals surface area contributed by atoms with Gasteiger partial charge < -0.3 is 10.1 Å². The first-order valence-corrected chi connectivity index (χ1v) is 6.75. The fraction of sp³-hybridized carbons (Fsp3) is 0.538. The smallest absolute Gasteiger partial charge is 0.251 e. The Hall–Kier alpha value is -1.17. The maximum atomic E-state index is 12.0. The fourth-order valence-corrected chi connectivity index (χ4v) is 2.24. The van der Waals surface area contributed by atoms with Crippen LogP contribution in [0.25, 0.3) is 0 Å². The molecular formula is C13H18ClN3O2. The van der Waals surface area contributed by atoms with Crippen LogP contribution < -0.4 is 5.32 Å². The molecule has 1 saturated heterocycles. The van der Waals surface area contributed by atoms with E-state index in [1.165, 1.54) is 6.20 Å². The van der Waals surface area contributed by atoms with Gasteiger partial charge in [0.15, 0.2) is 0 Å². The molecule has 1 atom stereocenters. The molecule has 0 spiro atoms. The molecule has 6 heteroatoms. The molecule has 1 fully saturated rings. The van der Waals surface area contributed by atoms with E-state index >= 15 is 0 Å². The fourth-order valence-electron chi connectivity index (χ4n) is 2.07. The van der Waals surface area contributed by atoms with Crippen molar-refractivity contribution in [2.24, 2.45) is 0 Å². The van der Waals surface area contributed by atoms with Crippen molar-refractivity contribution in [2.45, 2.75) is 13.0 Å². The molecular weight excluding hydrogens is 266 g/mol. The largest absolute Gasteiger partial charge is 0.379 e. The summed E-state index contributed by atoms with van der Waals surface area (Å²) < 4.78 is 5.29. The quantitative estimate of drug-likeness (QED) is 0.844. The molecule has 1 aliphatic rings. The van der Waals surface area contributed by atoms with E-state index in [1.54, 1.807) is 12.1 Å². The van der Waals surface area contributed by atoms with E-state index in [2.05, 4.69) is 15.2 Å². The van der Waals surface area contributed by atoms with Gasteiger partial charge in [-0.05, 0) is 19.1 Å². The Balaban J connectivity index is 1.84. The lowest BCUT2D eigenvalue weighted by Crippen LogP contribution is -2.46. The van der Waals surface area contributed by atoms with Crippen LogP contribution in [0.3, 0.4) is 0 Å². The van der Waals surface area contributed by atoms with Crippen LogP contribution in [0.15, 0.2) is 18.3 Å². The Kier molecular flexibility index (Phi) is 5.13. The van der Waals surface area contributed by atoms with E-state index < -0.39 is 0 Å². The van der Waals surface area contributed by atoms with Crippen molar-refractivity contribution >= 4 is 17.5 Å². The van der Waals surface area contributed by atoms with Gasteiger partial charge in [-0.1, -0.05) is 11.6 Å². The van der Waals surface area contributed by atoms with Gasteiger partial charge in [0.1, 0.15) is 5.15 Å². The first kappa shape index (κ1) is 14.2. The van der Waals surface area contributed by atoms with Gasteiger partial charge in [0.05, 0.1) is 13.2 Å². The molecule has 1 aromatic rings. The van der Waals surface area contributed by atoms with Crippen molar-refractivity contribution in [3.63, 3.8) is 0 Å². The van der Waals surface area contributed by atoms with Crippen LogP contribution in [0.4, 0.5) is 0 Å². The lowest BCUT2D eigenvalue weighted by molar-refractivity contribution is 0.0342. The summed E-state index contributed by atoms with van der Waals surface area (Å²) in [4.78, 5) is 18.2. The van der Waals surface area contributed by atoms with Crippen LogP contribution in [0.2, 0.25) is 5.15 Å². The van der Waals surface area contributed by atoms with Gasteiger partial charge in [-0.15, -0.1) is 0 Å². The maximum absolute atomic E-state index is 12.0. The van der Waals surface area contributed by atoms with E-state index in [4.69, 9.17) is 16.3 Å². The van der Waals surface area contributed by atoms with Crippen LogP contribution in [0.5, 0.6) is 0 Å². The van der Waals surface area contributed by atoms with Gasteiger partial charge in [0, 0.05) is 37.4 Å². The second kappa shape index (κ2) is 6.84. The summed E-state index contributed by atoms with van der Waals surface area (Å²) in [6, 6.07) is 3.30. The number of nitrogens with zero attached hydrogens (tertiary/aromatic N) is 2. The average molecular weight is 284 g/mol. The molecule has 5 nitrogen and oxygen atoms in total. The number of amides is 1. The highest BCUT2D eigenvalue weighted by molar-refractivity contribution is 6.29. The molecule has 2 heterocycles. The minimum Gasteiger partial charge on any atom is -0.379 e. The zero-order valence-corrected chi connectivity index (χ0v) is 11.7. The molecule has 0 aromatic carbocycles. The number of pyridine rings is 1. The van der Waals surface area contributed by atoms with Crippen LogP contribution in [-0.2, 0) is 4.74 Å². The first-order valence-electron chi connectivity index (χ1n) is 6.37. The van der Waals surface area contributed by atoms with E-state index in [9.17, 15) is 4.79 Å². The summed E-state index contributed by atoms with van der Waals surface area (Å²) in [5, 5.41) is 3.29. The number of morpholine rings is 1. The molecule has 1 aromatic heterocycles. The number of carbonyl (C=O) groups excluding carboxylic acids is 1. The number of nitrogens with one attached hydrogen (secondary N) is 1. The summed E-state index contributed by atoms with van der Waals surface area (Å²) in [5.41, 5.74) is 0.536. The third kappa shape index (κ3) is 4.45. The molecule has 1 N–H and O–H groups in total. The van der Waals surface area contributed by atoms with E-state index in [-0.39, 0.29) is 11.9 Å². The normalized spacial score (nSPS) is 18.0. The van der Waals surface area contributed by atoms with Gasteiger partial charge in [0.2, 0.25) is 0 Å². The number of aromatic nitrogens is 1. The predicted molar refractivity (Wildman–Crippen MR) is 73.4 cm³/mol. The minimum absolute atomic E-state index is 0.0811. The first-order chi connectivity index (χ1) is 9.15. The SMILES string of the molecule is CC(CN1CCOCC1)NC(=O)c1ccnc(Cl)c1. The second-order valence-electron chi connectivity index (χ2n) is 4.65. The second-order valence-corrected chi connectivity index (χ2v) is 5.04. The van der Waals surface area contributed by atoms with Gasteiger partial charge in [-0.3, -0.25) is 9.69 Å². The van der Waals surface area contributed by atoms with Crippen molar-refractivity contribution in [2.75, 3.05) is 32.8 Å². The van der Waals surface area contributed by atoms with Crippen LogP contribution in [0, 0.1) is 0 Å². The highest BCUT2D eigenvalue weighted by Gasteiger charge is 2.16. The number of rotatable bonds is 4. The standard InChI is InChI=1S/C13H18ClN3O2/c1-10(9-17-4-6-19-7-5-17)16-13(18)11-2-3-15-12(14)8-11/h2-3,8,10H,4-7,9H2,1H3,(H,16,18). The van der Waals surface area contributed by atoms with Gasteiger partial charge >= 0.3 is 0 Å². The molecule has 0 radical (unpaired) electrons. The van der Waals surface area contributed by atoms with Crippen LogP contribution in [-0.4, -0.2) is 54.7 Å². The predicted octanol–water partition coefficient (Wildman–Crippen LogP) is 1.19. The Labute approximate surface area is 117 Å². The van der Waals surface area contributed by atoms with Crippen molar-refractivity contribution in [3.05, 3.63) is 29.0 Å². The highest BCUT2D eigenvalue weighted by Crippen LogP contribution is 2.07. The van der Waals surface area contributed by atoms with Crippen molar-refractivity contribution < 1.29 is 9.53 Å². The lowest BCUT2D eigenvalue weighted by Gasteiger charge is -2.29. The van der Waals surface area contributed by atoms with E-state index in [0.29, 0.717) is 10.7 Å². The number of halogens is 1. The Morgan fingerprint density at radius 3 is 3.00 bits per heavy atom. The zero-order chi connectivity index (χ0) is 13.7. The molecule has 1 amide bonds. The Morgan fingerprint density at radius 1 is 1.58 bits per heavy atom. The number of carbonyl (C=O) groups is 1. The molecule has 2 rings (SSSR count). The zero-order valence-electron chi connectivity index (χ0n) is 10.9. The Morgan fingerprint density at radius 2 is 2.32 bits per heavy atom.